The molecule has 1 unspecified atom stereocenters. The summed E-state index contributed by atoms with van der Waals surface area (Å²) >= 11 is 2.16. The van der Waals surface area contributed by atoms with E-state index in [2.05, 4.69) is 25.8 Å². The van der Waals surface area contributed by atoms with E-state index in [0.717, 1.165) is 16.4 Å². The average molecular weight is 530 g/mol. The summed E-state index contributed by atoms with van der Waals surface area (Å²) in [4.78, 5) is 47.8. The van der Waals surface area contributed by atoms with Crippen LogP contribution in [-0.4, -0.2) is 68.6 Å². The molecule has 13 nitrogen and oxygen atoms in total. The zero-order valence-electron chi connectivity index (χ0n) is 18.7. The summed E-state index contributed by atoms with van der Waals surface area (Å²) in [7, 11) is 1.54. The summed E-state index contributed by atoms with van der Waals surface area (Å²) in [5, 5.41) is 17.7. The maximum absolute atomic E-state index is 13.0. The predicted molar refractivity (Wildman–Crippen MR) is 126 cm³/mol. The van der Waals surface area contributed by atoms with E-state index in [4.69, 9.17) is 21.7 Å². The molecule has 36 heavy (non-hydrogen) atoms. The molecule has 4 rings (SSSR count). The minimum Gasteiger partial charge on any atom is -0.543 e. The second-order valence-corrected chi connectivity index (χ2v) is 9.27. The van der Waals surface area contributed by atoms with Crippen molar-refractivity contribution in [2.75, 3.05) is 25.2 Å². The minimum atomic E-state index is -1.48. The van der Waals surface area contributed by atoms with Crippen LogP contribution in [0.15, 0.2) is 41.0 Å². The largest absolute Gasteiger partial charge is 0.543 e. The number of β-lactam (4-membered cyclic amide) rings is 1. The number of rotatable bonds is 9. The fourth-order valence-corrected chi connectivity index (χ4v) is 5.33. The van der Waals surface area contributed by atoms with Crippen LogP contribution in [0.25, 0.3) is 0 Å². The van der Waals surface area contributed by atoms with Crippen LogP contribution in [0, 0.1) is 12.3 Å². The van der Waals surface area contributed by atoms with Crippen LogP contribution in [0.1, 0.15) is 5.82 Å². The van der Waals surface area contributed by atoms with E-state index < -0.39 is 29.2 Å². The lowest BCUT2D eigenvalue weighted by molar-refractivity contribution is -0.689. The first-order valence-corrected chi connectivity index (χ1v) is 12.1. The molecule has 15 heteroatoms. The average Bonchev–Trinajstić information content (AvgIpc) is 3.30. The van der Waals surface area contributed by atoms with Crippen molar-refractivity contribution in [3.05, 3.63) is 41.6 Å². The quantitative estimate of drug-likeness (QED) is 0.0911. The first-order valence-electron chi connectivity index (χ1n) is 10.3. The molecule has 2 aliphatic heterocycles. The Morgan fingerprint density at radius 1 is 1.44 bits per heavy atom. The van der Waals surface area contributed by atoms with Gasteiger partial charge in [-0.15, -0.1) is 18.2 Å². The topological polar surface area (TPSA) is 176 Å². The number of fused-ring (bicyclic) bond motifs is 1. The Morgan fingerprint density at radius 2 is 2.19 bits per heavy atom. The Balaban J connectivity index is 1.52. The highest BCUT2D eigenvalue weighted by Crippen LogP contribution is 2.40. The number of amides is 2. The number of carboxylic acid groups (broad SMARTS) is 1. The summed E-state index contributed by atoms with van der Waals surface area (Å²) < 4.78 is 10.8. The van der Waals surface area contributed by atoms with Crippen LogP contribution in [-0.2, 0) is 25.8 Å². The summed E-state index contributed by atoms with van der Waals surface area (Å²) in [6.45, 7) is 0.0217. The van der Waals surface area contributed by atoms with Crippen LogP contribution >= 0.6 is 23.3 Å². The van der Waals surface area contributed by atoms with Crippen molar-refractivity contribution in [3.63, 3.8) is 0 Å². The first-order chi connectivity index (χ1) is 17.3. The van der Waals surface area contributed by atoms with Gasteiger partial charge in [0.25, 0.3) is 11.8 Å². The number of hydrogen-bond acceptors (Lipinski definition) is 12. The standard InChI is InChI=1S/C21H19N7O6S2/c1-3-8-34-25-13(16-24-21(22)36-26-16)17(29)23-14-18(30)28-15(20(31)32)11(10-35-19(14)28)9-27-6-4-12(33-2)5-7-27/h1,4-7,14,19H,8-10H2,2H3,(H3-,22,23,24,26,29,31,32)/t14?,19-/m1/s1. The van der Waals surface area contributed by atoms with Gasteiger partial charge in [0.15, 0.2) is 30.7 Å². The van der Waals surface area contributed by atoms with Gasteiger partial charge in [-0.25, -0.2) is 4.57 Å². The number of ether oxygens (including phenoxy) is 1. The highest BCUT2D eigenvalue weighted by Gasteiger charge is 2.53. The van der Waals surface area contributed by atoms with Crippen molar-refractivity contribution < 1.29 is 33.6 Å². The fourth-order valence-electron chi connectivity index (χ4n) is 3.56. The van der Waals surface area contributed by atoms with Crippen molar-refractivity contribution in [1.82, 2.24) is 19.6 Å². The Bertz CT molecular complexity index is 1300. The van der Waals surface area contributed by atoms with Gasteiger partial charge < -0.3 is 30.5 Å². The Kier molecular flexibility index (Phi) is 7.36. The van der Waals surface area contributed by atoms with E-state index in [-0.39, 0.29) is 35.5 Å². The van der Waals surface area contributed by atoms with Crippen molar-refractivity contribution in [2.24, 2.45) is 5.16 Å². The molecule has 2 atom stereocenters. The van der Waals surface area contributed by atoms with E-state index >= 15 is 0 Å². The molecule has 0 saturated carbocycles. The number of terminal acetylenes is 1. The van der Waals surface area contributed by atoms with Gasteiger partial charge in [0.1, 0.15) is 17.2 Å². The zero-order valence-corrected chi connectivity index (χ0v) is 20.4. The number of carbonyl (C=O) groups excluding carboxylic acids is 3. The van der Waals surface area contributed by atoms with Gasteiger partial charge in [0.05, 0.1) is 18.8 Å². The second kappa shape index (κ2) is 10.6. The van der Waals surface area contributed by atoms with Gasteiger partial charge in [-0.1, -0.05) is 11.1 Å². The number of anilines is 1. The molecule has 0 radical (unpaired) electrons. The lowest BCUT2D eigenvalue weighted by Crippen LogP contribution is -2.71. The number of nitrogen functional groups attached to an aromatic ring is 1. The lowest BCUT2D eigenvalue weighted by atomic mass is 10.0. The first kappa shape index (κ1) is 24.9. The normalized spacial score (nSPS) is 19.2. The third-order valence-corrected chi connectivity index (χ3v) is 7.05. The number of carboxylic acids is 1. The van der Waals surface area contributed by atoms with Gasteiger partial charge >= 0.3 is 0 Å². The fraction of sp³-hybridized carbons (Fsp3) is 0.286. The number of aromatic nitrogens is 3. The summed E-state index contributed by atoms with van der Waals surface area (Å²) in [6, 6.07) is 2.45. The molecule has 2 aromatic rings. The molecule has 1 fully saturated rings. The van der Waals surface area contributed by atoms with Crippen LogP contribution in [0.4, 0.5) is 5.13 Å². The molecular weight excluding hydrogens is 510 g/mol. The molecule has 2 aromatic heterocycles. The van der Waals surface area contributed by atoms with E-state index in [9.17, 15) is 19.5 Å². The molecular formula is C21H19N7O6S2. The number of thioether (sulfide) groups is 1. The Morgan fingerprint density at radius 3 is 2.81 bits per heavy atom. The van der Waals surface area contributed by atoms with Crippen LogP contribution in [0.2, 0.25) is 0 Å². The molecule has 186 valence electrons. The zero-order chi connectivity index (χ0) is 25.8. The highest BCUT2D eigenvalue weighted by atomic mass is 32.2. The number of nitrogens with one attached hydrogen (secondary N) is 1. The van der Waals surface area contributed by atoms with E-state index in [1.165, 1.54) is 11.8 Å². The predicted octanol–water partition coefficient (Wildman–Crippen LogP) is -2.13. The maximum atomic E-state index is 13.0. The molecule has 3 N–H and O–H groups in total. The summed E-state index contributed by atoms with van der Waals surface area (Å²) in [5.41, 5.74) is 5.56. The number of pyridine rings is 1. The number of nitrogens with two attached hydrogens (primary N) is 1. The van der Waals surface area contributed by atoms with Crippen molar-refractivity contribution in [2.45, 2.75) is 18.0 Å². The van der Waals surface area contributed by atoms with Crippen molar-refractivity contribution in [1.29, 1.82) is 0 Å². The third kappa shape index (κ3) is 4.95. The number of aliphatic carboxylic acids is 1. The molecule has 0 aliphatic carbocycles. The smallest absolute Gasteiger partial charge is 0.278 e. The molecule has 1 saturated heterocycles. The van der Waals surface area contributed by atoms with E-state index in [1.807, 2.05) is 0 Å². The SMILES string of the molecule is C#CCON=C(C(=O)NC1C(=O)N2C(C(=O)[O-])=C(C[n+]3ccc(OC)cc3)CS[C@H]12)c1nsc(N)n1. The van der Waals surface area contributed by atoms with E-state index in [0.29, 0.717) is 17.1 Å². The Labute approximate surface area is 213 Å². The molecule has 0 spiro atoms. The highest BCUT2D eigenvalue weighted by molar-refractivity contribution is 8.00. The lowest BCUT2D eigenvalue weighted by Gasteiger charge is -2.50. The number of carbonyl (C=O) groups is 3. The molecule has 4 heterocycles. The van der Waals surface area contributed by atoms with Gasteiger partial charge in [0, 0.05) is 35.0 Å². The second-order valence-electron chi connectivity index (χ2n) is 7.38. The van der Waals surface area contributed by atoms with Crippen LogP contribution in [0.3, 0.4) is 0 Å². The van der Waals surface area contributed by atoms with Crippen LogP contribution in [0.5, 0.6) is 5.75 Å². The number of oxime groups is 1. The minimum absolute atomic E-state index is 0.0962. The molecule has 2 amide bonds. The van der Waals surface area contributed by atoms with Gasteiger partial charge in [-0.3, -0.25) is 14.5 Å². The van der Waals surface area contributed by atoms with Crippen LogP contribution < -0.4 is 25.5 Å². The number of hydrogen-bond donors (Lipinski definition) is 2. The molecule has 2 aliphatic rings. The number of nitrogens with zero attached hydrogens (tertiary/aromatic N) is 5. The molecule has 0 aromatic carbocycles. The van der Waals surface area contributed by atoms with Gasteiger partial charge in [0.2, 0.25) is 11.5 Å². The van der Waals surface area contributed by atoms with Crippen molar-refractivity contribution in [3.8, 4) is 18.1 Å². The summed E-state index contributed by atoms with van der Waals surface area (Å²) in [5.74, 6) is 0.180. The summed E-state index contributed by atoms with van der Waals surface area (Å²) in [6.07, 6.45) is 8.61. The van der Waals surface area contributed by atoms with Gasteiger partial charge in [-0.05, 0) is 0 Å². The monoisotopic (exact) mass is 529 g/mol. The Hall–Kier alpha value is -4.16. The van der Waals surface area contributed by atoms with Gasteiger partial charge in [-0.2, -0.15) is 9.36 Å². The van der Waals surface area contributed by atoms with Crippen molar-refractivity contribution >= 4 is 51.9 Å². The van der Waals surface area contributed by atoms with E-state index in [1.54, 1.807) is 36.2 Å². The molecule has 0 bridgehead atoms. The maximum Gasteiger partial charge on any atom is 0.278 e. The number of methoxy groups -OCH3 is 1. The third-order valence-electron chi connectivity index (χ3n) is 5.17.